The first kappa shape index (κ1) is 20.9. The Kier molecular flexibility index (Phi) is 6.95. The summed E-state index contributed by atoms with van der Waals surface area (Å²) in [7, 11) is 0. The van der Waals surface area contributed by atoms with Crippen LogP contribution in [0.2, 0.25) is 5.02 Å². The van der Waals surface area contributed by atoms with Gasteiger partial charge in [0.05, 0.1) is 23.7 Å². The quantitative estimate of drug-likeness (QED) is 0.563. The highest BCUT2D eigenvalue weighted by molar-refractivity contribution is 8.01. The number of hydrogen-bond acceptors (Lipinski definition) is 6. The number of aryl methyl sites for hydroxylation is 1. The second-order valence-electron chi connectivity index (χ2n) is 6.31. The lowest BCUT2D eigenvalue weighted by atomic mass is 10.2. The summed E-state index contributed by atoms with van der Waals surface area (Å²) in [6.45, 7) is 3.97. The van der Waals surface area contributed by atoms with Crippen molar-refractivity contribution in [1.82, 2.24) is 14.9 Å². The fraction of sp³-hybridized carbons (Fsp3) is 0.263. The monoisotopic (exact) mass is 433 g/mol. The zero-order chi connectivity index (χ0) is 20.8. The number of amides is 2. The minimum Gasteiger partial charge on any atom is -0.360 e. The van der Waals surface area contributed by atoms with Crippen molar-refractivity contribution in [2.24, 2.45) is 0 Å². The Labute approximate surface area is 177 Å². The molecule has 2 heterocycles. The Morgan fingerprint density at radius 2 is 2.00 bits per heavy atom. The number of hydrogen-bond donors (Lipinski definition) is 2. The molecule has 1 aromatic carbocycles. The lowest BCUT2D eigenvalue weighted by molar-refractivity contribution is -0.115. The molecule has 0 saturated carbocycles. The van der Waals surface area contributed by atoms with Crippen molar-refractivity contribution in [3.8, 4) is 0 Å². The SMILES string of the molecule is Cc1cc(NC(=O)C(C)SCC(=O)Nc2ccnn2Cc2ccc(Cl)cc2)no1. The molecular formula is C19H20ClN5O3S. The maximum atomic E-state index is 12.3. The van der Waals surface area contributed by atoms with E-state index in [2.05, 4.69) is 20.9 Å². The molecule has 0 radical (unpaired) electrons. The van der Waals surface area contributed by atoms with Crippen LogP contribution >= 0.6 is 23.4 Å². The number of anilines is 2. The second kappa shape index (κ2) is 9.62. The maximum absolute atomic E-state index is 12.3. The fourth-order valence-electron chi connectivity index (χ4n) is 2.44. The van der Waals surface area contributed by atoms with Crippen molar-refractivity contribution < 1.29 is 14.1 Å². The summed E-state index contributed by atoms with van der Waals surface area (Å²) in [6, 6.07) is 10.8. The molecule has 3 aromatic rings. The fourth-order valence-corrected chi connectivity index (χ4v) is 3.25. The molecule has 1 atom stereocenters. The number of carbonyl (C=O) groups is 2. The first-order valence-corrected chi connectivity index (χ1v) is 10.3. The second-order valence-corrected chi connectivity index (χ2v) is 8.08. The number of rotatable bonds is 8. The molecule has 0 aliphatic carbocycles. The molecule has 152 valence electrons. The van der Waals surface area contributed by atoms with Gasteiger partial charge in [0, 0.05) is 17.2 Å². The van der Waals surface area contributed by atoms with Crippen molar-refractivity contribution in [3.63, 3.8) is 0 Å². The van der Waals surface area contributed by atoms with Gasteiger partial charge in [-0.3, -0.25) is 9.59 Å². The lowest BCUT2D eigenvalue weighted by Crippen LogP contribution is -2.25. The van der Waals surface area contributed by atoms with Gasteiger partial charge in [0.25, 0.3) is 0 Å². The third-order valence-corrected chi connectivity index (χ3v) is 5.34. The number of nitrogens with zero attached hydrogens (tertiary/aromatic N) is 3. The van der Waals surface area contributed by atoms with Crippen molar-refractivity contribution in [2.75, 3.05) is 16.4 Å². The van der Waals surface area contributed by atoms with Crippen LogP contribution in [-0.2, 0) is 16.1 Å². The van der Waals surface area contributed by atoms with Gasteiger partial charge in [0.2, 0.25) is 11.8 Å². The Balaban J connectivity index is 1.49. The van der Waals surface area contributed by atoms with Crippen molar-refractivity contribution in [2.45, 2.75) is 25.6 Å². The molecule has 0 aliphatic rings. The van der Waals surface area contributed by atoms with Gasteiger partial charge in [-0.1, -0.05) is 28.9 Å². The summed E-state index contributed by atoms with van der Waals surface area (Å²) in [5.41, 5.74) is 1.01. The van der Waals surface area contributed by atoms with Gasteiger partial charge in [0.15, 0.2) is 5.82 Å². The number of thioether (sulfide) groups is 1. The zero-order valence-corrected chi connectivity index (χ0v) is 17.5. The molecule has 0 saturated heterocycles. The summed E-state index contributed by atoms with van der Waals surface area (Å²) in [5, 5.41) is 13.7. The largest absolute Gasteiger partial charge is 0.360 e. The molecule has 0 fully saturated rings. The highest BCUT2D eigenvalue weighted by Crippen LogP contribution is 2.16. The highest BCUT2D eigenvalue weighted by atomic mass is 35.5. The summed E-state index contributed by atoms with van der Waals surface area (Å²) >= 11 is 7.13. The van der Waals surface area contributed by atoms with Crippen LogP contribution in [0, 0.1) is 6.92 Å². The van der Waals surface area contributed by atoms with Crippen LogP contribution in [0.1, 0.15) is 18.2 Å². The average Bonchev–Trinajstić information content (AvgIpc) is 3.30. The predicted molar refractivity (Wildman–Crippen MR) is 113 cm³/mol. The summed E-state index contributed by atoms with van der Waals surface area (Å²) < 4.78 is 6.60. The molecule has 2 aromatic heterocycles. The summed E-state index contributed by atoms with van der Waals surface area (Å²) in [5.74, 6) is 1.21. The minimum atomic E-state index is -0.434. The van der Waals surface area contributed by atoms with Gasteiger partial charge < -0.3 is 15.2 Å². The van der Waals surface area contributed by atoms with Gasteiger partial charge in [-0.25, -0.2) is 4.68 Å². The third kappa shape index (κ3) is 6.10. The van der Waals surface area contributed by atoms with Crippen molar-refractivity contribution >= 4 is 46.8 Å². The Hall–Kier alpha value is -2.78. The van der Waals surface area contributed by atoms with Crippen LogP contribution in [-0.4, -0.2) is 37.8 Å². The average molecular weight is 434 g/mol. The van der Waals surface area contributed by atoms with E-state index in [-0.39, 0.29) is 17.6 Å². The molecule has 3 rings (SSSR count). The summed E-state index contributed by atoms with van der Waals surface area (Å²) in [4.78, 5) is 24.5. The molecule has 0 aliphatic heterocycles. The molecule has 2 amide bonds. The van der Waals surface area contributed by atoms with E-state index < -0.39 is 5.25 Å². The maximum Gasteiger partial charge on any atom is 0.238 e. The molecule has 0 bridgehead atoms. The van der Waals surface area contributed by atoms with E-state index in [1.165, 1.54) is 11.8 Å². The van der Waals surface area contributed by atoms with Crippen molar-refractivity contribution in [3.05, 3.63) is 58.9 Å². The Morgan fingerprint density at radius 1 is 1.24 bits per heavy atom. The van der Waals surface area contributed by atoms with Crippen LogP contribution < -0.4 is 10.6 Å². The van der Waals surface area contributed by atoms with Crippen molar-refractivity contribution in [1.29, 1.82) is 0 Å². The van der Waals surface area contributed by atoms with Crippen LogP contribution in [0.5, 0.6) is 0 Å². The van der Waals surface area contributed by atoms with E-state index in [1.807, 2.05) is 24.3 Å². The van der Waals surface area contributed by atoms with Gasteiger partial charge in [-0.2, -0.15) is 5.10 Å². The standard InChI is InChI=1S/C19H20ClN5O3S/c1-12-9-16(24-28-12)22-19(27)13(2)29-11-18(26)23-17-7-8-21-25(17)10-14-3-5-15(20)6-4-14/h3-9,13H,10-11H2,1-2H3,(H,23,26)(H,22,24,27). The molecule has 1 unspecified atom stereocenters. The van der Waals surface area contributed by atoms with E-state index in [4.69, 9.17) is 16.1 Å². The molecule has 10 heteroatoms. The van der Waals surface area contributed by atoms with Gasteiger partial charge in [-0.05, 0) is 31.5 Å². The molecule has 0 spiro atoms. The Morgan fingerprint density at radius 3 is 2.69 bits per heavy atom. The first-order valence-electron chi connectivity index (χ1n) is 8.82. The topological polar surface area (TPSA) is 102 Å². The van der Waals surface area contributed by atoms with Gasteiger partial charge in [-0.15, -0.1) is 11.8 Å². The predicted octanol–water partition coefficient (Wildman–Crippen LogP) is 3.58. The highest BCUT2D eigenvalue weighted by Gasteiger charge is 2.17. The van der Waals surface area contributed by atoms with E-state index >= 15 is 0 Å². The number of nitrogens with one attached hydrogen (secondary N) is 2. The summed E-state index contributed by atoms with van der Waals surface area (Å²) in [6.07, 6.45) is 1.62. The zero-order valence-electron chi connectivity index (χ0n) is 15.9. The molecule has 29 heavy (non-hydrogen) atoms. The van der Waals surface area contributed by atoms with E-state index in [0.717, 1.165) is 5.56 Å². The Bertz CT molecular complexity index is 986. The molecule has 8 nitrogen and oxygen atoms in total. The number of benzene rings is 1. The number of carbonyl (C=O) groups excluding carboxylic acids is 2. The smallest absolute Gasteiger partial charge is 0.238 e. The first-order chi connectivity index (χ1) is 13.9. The lowest BCUT2D eigenvalue weighted by Gasteiger charge is -2.12. The number of halogens is 1. The minimum absolute atomic E-state index is 0.124. The normalized spacial score (nSPS) is 11.8. The van der Waals surface area contributed by atoms with Crippen LogP contribution in [0.4, 0.5) is 11.6 Å². The number of aromatic nitrogens is 3. The van der Waals surface area contributed by atoms with E-state index in [0.29, 0.717) is 29.0 Å². The third-order valence-electron chi connectivity index (χ3n) is 3.94. The molecular weight excluding hydrogens is 414 g/mol. The van der Waals surface area contributed by atoms with E-state index in [9.17, 15) is 9.59 Å². The van der Waals surface area contributed by atoms with Crippen LogP contribution in [0.15, 0.2) is 47.1 Å². The van der Waals surface area contributed by atoms with Crippen LogP contribution in [0.3, 0.4) is 0 Å². The van der Waals surface area contributed by atoms with Gasteiger partial charge in [0.1, 0.15) is 11.6 Å². The van der Waals surface area contributed by atoms with E-state index in [1.54, 1.807) is 36.9 Å². The van der Waals surface area contributed by atoms with Crippen LogP contribution in [0.25, 0.3) is 0 Å². The molecule has 2 N–H and O–H groups in total. The van der Waals surface area contributed by atoms with Gasteiger partial charge >= 0.3 is 0 Å².